The molecule has 3 fully saturated rings. The predicted octanol–water partition coefficient (Wildman–Crippen LogP) is 2.61. The summed E-state index contributed by atoms with van der Waals surface area (Å²) in [6, 6.07) is 6.82. The van der Waals surface area contributed by atoms with Crippen LogP contribution in [0.5, 0.6) is 0 Å². The van der Waals surface area contributed by atoms with Crippen molar-refractivity contribution in [2.45, 2.75) is 37.5 Å². The molecule has 7 heteroatoms. The lowest BCUT2D eigenvalue weighted by Gasteiger charge is -2.43. The molecule has 1 saturated heterocycles. The largest absolute Gasteiger partial charge is 0.356 e. The molecule has 1 heterocycles. The molecule has 0 spiro atoms. The third-order valence-corrected chi connectivity index (χ3v) is 8.00. The number of guanidine groups is 1. The molecule has 32 heavy (non-hydrogen) atoms. The summed E-state index contributed by atoms with van der Waals surface area (Å²) in [7, 11) is 1.73. The Hall–Kier alpha value is -2.70. The summed E-state index contributed by atoms with van der Waals surface area (Å²) < 4.78 is 13.3. The molecule has 2 amide bonds. The molecule has 4 unspecified atom stereocenters. The highest BCUT2D eigenvalue weighted by atomic mass is 19.1. The van der Waals surface area contributed by atoms with Crippen LogP contribution in [-0.2, 0) is 15.0 Å². The average Bonchev–Trinajstić information content (AvgIpc) is 3.45. The van der Waals surface area contributed by atoms with Gasteiger partial charge in [-0.3, -0.25) is 19.5 Å². The van der Waals surface area contributed by atoms with Gasteiger partial charge in [-0.1, -0.05) is 30.7 Å². The van der Waals surface area contributed by atoms with Crippen LogP contribution in [-0.4, -0.2) is 49.4 Å². The van der Waals surface area contributed by atoms with Crippen LogP contribution in [0.2, 0.25) is 0 Å². The first-order chi connectivity index (χ1) is 15.5. The molecule has 2 saturated carbocycles. The SMILES string of the molecule is CN=C(NCCCN1C(=O)C2C3C=CC(C3)C2C1=O)NCC1(c2ccc(F)cc2)CCC1. The molecule has 5 rings (SSSR count). The Morgan fingerprint density at radius 3 is 2.31 bits per heavy atom. The van der Waals surface area contributed by atoms with Crippen LogP contribution in [0, 0.1) is 29.5 Å². The van der Waals surface area contributed by atoms with E-state index < -0.39 is 0 Å². The van der Waals surface area contributed by atoms with Crippen LogP contribution in [0.25, 0.3) is 0 Å². The molecular weight excluding hydrogens is 407 g/mol. The average molecular weight is 439 g/mol. The van der Waals surface area contributed by atoms with E-state index in [-0.39, 0.29) is 46.7 Å². The van der Waals surface area contributed by atoms with Gasteiger partial charge in [0.2, 0.25) is 11.8 Å². The van der Waals surface area contributed by atoms with Crippen molar-refractivity contribution in [1.29, 1.82) is 0 Å². The van der Waals surface area contributed by atoms with E-state index in [2.05, 4.69) is 27.8 Å². The van der Waals surface area contributed by atoms with Crippen molar-refractivity contribution in [2.24, 2.45) is 28.7 Å². The highest BCUT2D eigenvalue weighted by Gasteiger charge is 2.58. The Labute approximate surface area is 188 Å². The van der Waals surface area contributed by atoms with E-state index >= 15 is 0 Å². The topological polar surface area (TPSA) is 73.8 Å². The predicted molar refractivity (Wildman–Crippen MR) is 120 cm³/mol. The highest BCUT2D eigenvalue weighted by Crippen LogP contribution is 2.52. The number of nitrogens with zero attached hydrogens (tertiary/aromatic N) is 2. The summed E-state index contributed by atoms with van der Waals surface area (Å²) in [5, 5.41) is 6.71. The zero-order chi connectivity index (χ0) is 22.3. The van der Waals surface area contributed by atoms with Crippen molar-refractivity contribution in [3.63, 3.8) is 0 Å². The summed E-state index contributed by atoms with van der Waals surface area (Å²) in [5.74, 6) is 0.805. The molecule has 1 aromatic rings. The van der Waals surface area contributed by atoms with E-state index in [1.165, 1.54) is 23.5 Å². The van der Waals surface area contributed by atoms with E-state index in [4.69, 9.17) is 0 Å². The van der Waals surface area contributed by atoms with Gasteiger partial charge in [0.25, 0.3) is 0 Å². The van der Waals surface area contributed by atoms with Gasteiger partial charge in [0, 0.05) is 32.1 Å². The van der Waals surface area contributed by atoms with Gasteiger partial charge in [-0.2, -0.15) is 0 Å². The molecular formula is C25H31FN4O2. The molecule has 1 aromatic carbocycles. The number of rotatable bonds is 7. The van der Waals surface area contributed by atoms with Crippen molar-refractivity contribution in [1.82, 2.24) is 15.5 Å². The maximum absolute atomic E-state index is 13.3. The van der Waals surface area contributed by atoms with E-state index in [9.17, 15) is 14.0 Å². The zero-order valence-corrected chi connectivity index (χ0v) is 18.5. The van der Waals surface area contributed by atoms with Crippen molar-refractivity contribution < 1.29 is 14.0 Å². The number of nitrogens with one attached hydrogen (secondary N) is 2. The van der Waals surface area contributed by atoms with Gasteiger partial charge in [-0.25, -0.2) is 4.39 Å². The zero-order valence-electron chi connectivity index (χ0n) is 18.5. The Morgan fingerprint density at radius 1 is 1.09 bits per heavy atom. The lowest BCUT2D eigenvalue weighted by atomic mass is 9.64. The molecule has 4 aliphatic rings. The van der Waals surface area contributed by atoms with Crippen molar-refractivity contribution in [3.05, 3.63) is 47.8 Å². The van der Waals surface area contributed by atoms with Gasteiger partial charge in [0.1, 0.15) is 5.82 Å². The fraction of sp³-hybridized carbons (Fsp3) is 0.560. The number of hydrogen-bond donors (Lipinski definition) is 2. The maximum atomic E-state index is 13.3. The number of allylic oxidation sites excluding steroid dienone is 2. The van der Waals surface area contributed by atoms with E-state index in [1.807, 2.05) is 12.1 Å². The number of hydrogen-bond acceptors (Lipinski definition) is 3. The quantitative estimate of drug-likeness (QED) is 0.226. The maximum Gasteiger partial charge on any atom is 0.233 e. The lowest BCUT2D eigenvalue weighted by molar-refractivity contribution is -0.140. The van der Waals surface area contributed by atoms with E-state index in [0.717, 1.165) is 31.4 Å². The van der Waals surface area contributed by atoms with Crippen molar-refractivity contribution in [3.8, 4) is 0 Å². The molecule has 0 aromatic heterocycles. The van der Waals surface area contributed by atoms with Gasteiger partial charge >= 0.3 is 0 Å². The van der Waals surface area contributed by atoms with Crippen molar-refractivity contribution >= 4 is 17.8 Å². The monoisotopic (exact) mass is 438 g/mol. The molecule has 170 valence electrons. The van der Waals surface area contributed by atoms with Gasteiger partial charge in [-0.05, 0) is 55.2 Å². The number of benzene rings is 1. The van der Waals surface area contributed by atoms with Crippen LogP contribution in [0.15, 0.2) is 41.4 Å². The standard InChI is InChI=1S/C25H31FN4O2/c1-27-24(29-15-25(10-2-11-25)18-6-8-19(26)9-7-18)28-12-3-13-30-22(31)20-16-4-5-17(14-16)21(20)23(30)32/h4-9,16-17,20-21H,2-3,10-15H2,1H3,(H2,27,28,29). The van der Waals surface area contributed by atoms with Gasteiger partial charge in [0.05, 0.1) is 11.8 Å². The number of likely N-dealkylation sites (tertiary alicyclic amines) is 1. The molecule has 0 radical (unpaired) electrons. The van der Waals surface area contributed by atoms with Gasteiger partial charge in [-0.15, -0.1) is 0 Å². The number of imide groups is 1. The van der Waals surface area contributed by atoms with Crippen LogP contribution in [0.1, 0.15) is 37.7 Å². The first-order valence-electron chi connectivity index (χ1n) is 11.8. The van der Waals surface area contributed by atoms with Crippen LogP contribution >= 0.6 is 0 Å². The second-order valence-corrected chi connectivity index (χ2v) is 9.67. The minimum absolute atomic E-state index is 0.0187. The fourth-order valence-electron chi connectivity index (χ4n) is 6.08. The smallest absolute Gasteiger partial charge is 0.233 e. The second-order valence-electron chi connectivity index (χ2n) is 9.67. The number of carbonyl (C=O) groups excluding carboxylic acids is 2. The fourth-order valence-corrected chi connectivity index (χ4v) is 6.08. The number of halogens is 1. The van der Waals surface area contributed by atoms with Crippen LogP contribution < -0.4 is 10.6 Å². The first kappa shape index (κ1) is 21.2. The van der Waals surface area contributed by atoms with E-state index in [1.54, 1.807) is 7.05 Å². The van der Waals surface area contributed by atoms with E-state index in [0.29, 0.717) is 25.5 Å². The molecule has 3 aliphatic carbocycles. The third kappa shape index (κ3) is 3.51. The minimum atomic E-state index is -0.212. The summed E-state index contributed by atoms with van der Waals surface area (Å²) >= 11 is 0. The Balaban J connectivity index is 1.09. The number of amides is 2. The van der Waals surface area contributed by atoms with Gasteiger partial charge in [0.15, 0.2) is 5.96 Å². The number of aliphatic imine (C=N–C) groups is 1. The summed E-state index contributed by atoms with van der Waals surface area (Å²) in [4.78, 5) is 31.3. The molecule has 6 nitrogen and oxygen atoms in total. The Bertz CT molecular complexity index is 923. The molecule has 4 atom stereocenters. The Kier molecular flexibility index (Phi) is 5.51. The Morgan fingerprint density at radius 2 is 1.75 bits per heavy atom. The lowest BCUT2D eigenvalue weighted by Crippen LogP contribution is -2.49. The minimum Gasteiger partial charge on any atom is -0.356 e. The molecule has 2 bridgehead atoms. The highest BCUT2D eigenvalue weighted by molar-refractivity contribution is 6.06. The normalized spacial score (nSPS) is 29.9. The summed E-state index contributed by atoms with van der Waals surface area (Å²) in [5.41, 5.74) is 1.18. The third-order valence-electron chi connectivity index (χ3n) is 8.00. The number of fused-ring (bicyclic) bond motifs is 5. The van der Waals surface area contributed by atoms with Gasteiger partial charge < -0.3 is 10.6 Å². The second kappa shape index (κ2) is 8.34. The summed E-state index contributed by atoms with van der Waals surface area (Å²) in [6.45, 7) is 1.81. The first-order valence-corrected chi connectivity index (χ1v) is 11.8. The molecule has 2 N–H and O–H groups in total. The van der Waals surface area contributed by atoms with Crippen molar-refractivity contribution in [2.75, 3.05) is 26.7 Å². The summed E-state index contributed by atoms with van der Waals surface area (Å²) in [6.07, 6.45) is 9.20. The molecule has 1 aliphatic heterocycles. The van der Waals surface area contributed by atoms with Crippen LogP contribution in [0.4, 0.5) is 4.39 Å². The van der Waals surface area contributed by atoms with Crippen LogP contribution in [0.3, 0.4) is 0 Å². The number of carbonyl (C=O) groups is 2.